The molecule has 0 amide bonds. The van der Waals surface area contributed by atoms with Crippen LogP contribution in [0.3, 0.4) is 0 Å². The smallest absolute Gasteiger partial charge is 0.263 e. The fraction of sp³-hybridized carbons (Fsp3) is 0. The highest BCUT2D eigenvalue weighted by Gasteiger charge is 2.19. The van der Waals surface area contributed by atoms with E-state index in [-0.39, 0.29) is 5.56 Å². The van der Waals surface area contributed by atoms with Crippen molar-refractivity contribution in [3.05, 3.63) is 156 Å². The fourth-order valence-electron chi connectivity index (χ4n) is 7.60. The maximum atomic E-state index is 13.8. The van der Waals surface area contributed by atoms with Crippen LogP contribution < -0.4 is 5.56 Å². The lowest BCUT2D eigenvalue weighted by Crippen LogP contribution is -2.12. The van der Waals surface area contributed by atoms with Crippen LogP contribution in [-0.4, -0.2) is 8.97 Å². The second-order valence-electron chi connectivity index (χ2n) is 11.7. The lowest BCUT2D eigenvalue weighted by atomic mass is 9.95. The molecule has 3 nitrogen and oxygen atoms in total. The van der Waals surface area contributed by atoms with Gasteiger partial charge in [0.15, 0.2) is 0 Å². The maximum Gasteiger partial charge on any atom is 0.263 e. The van der Waals surface area contributed by atoms with Crippen LogP contribution in [0.2, 0.25) is 0 Å². The predicted molar refractivity (Wildman–Crippen MR) is 185 cm³/mol. The van der Waals surface area contributed by atoms with Crippen LogP contribution in [0.4, 0.5) is 0 Å². The van der Waals surface area contributed by atoms with Gasteiger partial charge in [-0.15, -0.1) is 0 Å². The van der Waals surface area contributed by atoms with Crippen LogP contribution in [0.15, 0.2) is 150 Å². The first-order chi connectivity index (χ1) is 21.8. The summed E-state index contributed by atoms with van der Waals surface area (Å²) < 4.78 is 4.31. The molecule has 0 atom stereocenters. The number of benzene rings is 7. The Hall–Kier alpha value is -5.93. The molecule has 7 aromatic carbocycles. The van der Waals surface area contributed by atoms with Gasteiger partial charge < -0.3 is 4.57 Å². The van der Waals surface area contributed by atoms with Crippen molar-refractivity contribution in [2.75, 3.05) is 0 Å². The first-order valence-electron chi connectivity index (χ1n) is 15.0. The van der Waals surface area contributed by atoms with Gasteiger partial charge in [-0.05, 0) is 58.3 Å². The molecule has 0 saturated carbocycles. The van der Waals surface area contributed by atoms with Crippen molar-refractivity contribution in [3.63, 3.8) is 0 Å². The van der Waals surface area contributed by atoms with Crippen molar-refractivity contribution >= 4 is 70.5 Å². The van der Waals surface area contributed by atoms with Gasteiger partial charge in [-0.25, -0.2) is 0 Å². The average molecular weight is 561 g/mol. The number of para-hydroxylation sites is 3. The summed E-state index contributed by atoms with van der Waals surface area (Å²) in [5.74, 6) is 0. The van der Waals surface area contributed by atoms with Crippen LogP contribution >= 0.6 is 0 Å². The Morgan fingerprint density at radius 3 is 1.68 bits per heavy atom. The molecule has 3 heteroatoms. The summed E-state index contributed by atoms with van der Waals surface area (Å²) >= 11 is 0. The normalized spacial score (nSPS) is 12.2. The molecular weight excluding hydrogens is 536 g/mol. The molecule has 10 aromatic rings. The second-order valence-corrected chi connectivity index (χ2v) is 11.7. The van der Waals surface area contributed by atoms with E-state index in [1.54, 1.807) is 0 Å². The van der Waals surface area contributed by atoms with Crippen LogP contribution in [-0.2, 0) is 0 Å². The first-order valence-corrected chi connectivity index (χ1v) is 15.0. The van der Waals surface area contributed by atoms with E-state index in [0.29, 0.717) is 0 Å². The van der Waals surface area contributed by atoms with Gasteiger partial charge in [0.1, 0.15) is 0 Å². The summed E-state index contributed by atoms with van der Waals surface area (Å²) in [6.07, 6.45) is 0. The monoisotopic (exact) mass is 560 g/mol. The Labute approximate surface area is 251 Å². The van der Waals surface area contributed by atoms with Gasteiger partial charge in [0, 0.05) is 37.7 Å². The zero-order valence-corrected chi connectivity index (χ0v) is 23.7. The number of rotatable bonds is 2. The topological polar surface area (TPSA) is 26.4 Å². The third-order valence-electron chi connectivity index (χ3n) is 9.47. The molecular formula is C41H24N2O. The van der Waals surface area contributed by atoms with Gasteiger partial charge in [0.25, 0.3) is 5.56 Å². The van der Waals surface area contributed by atoms with Crippen LogP contribution in [0.1, 0.15) is 0 Å². The van der Waals surface area contributed by atoms with Crippen molar-refractivity contribution in [3.8, 4) is 16.8 Å². The molecule has 0 aliphatic rings. The Morgan fingerprint density at radius 1 is 0.386 bits per heavy atom. The van der Waals surface area contributed by atoms with Crippen LogP contribution in [0.25, 0.3) is 87.4 Å². The molecule has 0 aliphatic carbocycles. The molecule has 0 fully saturated rings. The Balaban J connectivity index is 1.26. The molecule has 3 aromatic heterocycles. The largest absolute Gasteiger partial charge is 0.309 e. The number of pyridine rings is 1. The molecule has 44 heavy (non-hydrogen) atoms. The summed E-state index contributed by atoms with van der Waals surface area (Å²) in [6.45, 7) is 0. The zero-order chi connectivity index (χ0) is 28.9. The Bertz CT molecular complexity index is 2800. The van der Waals surface area contributed by atoms with Crippen LogP contribution in [0, 0.1) is 0 Å². The molecule has 3 heterocycles. The van der Waals surface area contributed by atoms with E-state index in [2.05, 4.69) is 132 Å². The van der Waals surface area contributed by atoms with E-state index >= 15 is 0 Å². The molecule has 0 N–H and O–H groups in total. The summed E-state index contributed by atoms with van der Waals surface area (Å²) in [5.41, 5.74) is 7.86. The van der Waals surface area contributed by atoms with Crippen molar-refractivity contribution in [1.29, 1.82) is 0 Å². The van der Waals surface area contributed by atoms with Crippen molar-refractivity contribution in [1.82, 2.24) is 8.97 Å². The number of fused-ring (bicyclic) bond motifs is 9. The molecule has 10 rings (SSSR count). The van der Waals surface area contributed by atoms with Crippen molar-refractivity contribution in [2.24, 2.45) is 0 Å². The van der Waals surface area contributed by atoms with E-state index < -0.39 is 0 Å². The zero-order valence-electron chi connectivity index (χ0n) is 23.7. The number of nitrogens with zero attached hydrogens (tertiary/aromatic N) is 2. The minimum absolute atomic E-state index is 0.0352. The summed E-state index contributed by atoms with van der Waals surface area (Å²) in [5, 5.41) is 9.97. The number of hydrogen-bond donors (Lipinski definition) is 0. The minimum Gasteiger partial charge on any atom is -0.309 e. The Kier molecular flexibility index (Phi) is 4.59. The van der Waals surface area contributed by atoms with Gasteiger partial charge in [-0.2, -0.15) is 0 Å². The average Bonchev–Trinajstić information content (AvgIpc) is 3.60. The summed E-state index contributed by atoms with van der Waals surface area (Å²) in [6, 6.07) is 51.4. The van der Waals surface area contributed by atoms with E-state index in [9.17, 15) is 4.79 Å². The van der Waals surface area contributed by atoms with E-state index in [0.717, 1.165) is 43.5 Å². The number of aromatic nitrogens is 2. The molecule has 204 valence electrons. The van der Waals surface area contributed by atoms with Crippen molar-refractivity contribution < 1.29 is 0 Å². The van der Waals surface area contributed by atoms with Gasteiger partial charge in [-0.1, -0.05) is 109 Å². The second kappa shape index (κ2) is 8.56. The highest BCUT2D eigenvalue weighted by atomic mass is 16.1. The highest BCUT2D eigenvalue weighted by molar-refractivity contribution is 6.21. The van der Waals surface area contributed by atoms with E-state index in [1.807, 2.05) is 22.6 Å². The van der Waals surface area contributed by atoms with Gasteiger partial charge in [0.2, 0.25) is 0 Å². The van der Waals surface area contributed by atoms with Crippen LogP contribution in [0.5, 0.6) is 0 Å². The molecule has 0 saturated heterocycles. The van der Waals surface area contributed by atoms with Gasteiger partial charge >= 0.3 is 0 Å². The quantitative estimate of drug-likeness (QED) is 0.193. The fourth-order valence-corrected chi connectivity index (χ4v) is 7.60. The highest BCUT2D eigenvalue weighted by Crippen LogP contribution is 2.40. The van der Waals surface area contributed by atoms with E-state index in [1.165, 1.54) is 43.8 Å². The SMILES string of the molecule is O=c1c2ccccc2c2cccc3c4cc(-c5ccc(-n6c7ccccc7c7ccccc76)c6ccccc56)ccc4n1c23. The van der Waals surface area contributed by atoms with E-state index in [4.69, 9.17) is 0 Å². The lowest BCUT2D eigenvalue weighted by molar-refractivity contribution is 1.20. The maximum absolute atomic E-state index is 13.8. The molecule has 0 bridgehead atoms. The molecule has 0 unspecified atom stereocenters. The number of hydrogen-bond acceptors (Lipinski definition) is 1. The molecule has 0 radical (unpaired) electrons. The lowest BCUT2D eigenvalue weighted by Gasteiger charge is -2.15. The third kappa shape index (κ3) is 2.98. The summed E-state index contributed by atoms with van der Waals surface area (Å²) in [7, 11) is 0. The summed E-state index contributed by atoms with van der Waals surface area (Å²) in [4.78, 5) is 13.8. The standard InChI is InChI=1S/C41H24N2O/c44-41-34-15-4-2-11-28(34)32-16-9-17-33-35-24-25(20-22-39(35)43(41)40(32)33)26-21-23-38(29-12-3-1-10-27(26)29)42-36-18-7-5-13-30(36)31-14-6-8-19-37(31)42/h1-24H. The predicted octanol–water partition coefficient (Wildman–Crippen LogP) is 10.1. The first kappa shape index (κ1) is 23.6. The molecule has 0 spiro atoms. The molecule has 0 aliphatic heterocycles. The Morgan fingerprint density at radius 2 is 0.955 bits per heavy atom. The van der Waals surface area contributed by atoms with Gasteiger partial charge in [0.05, 0.1) is 27.8 Å². The third-order valence-corrected chi connectivity index (χ3v) is 9.47. The van der Waals surface area contributed by atoms with Crippen molar-refractivity contribution in [2.45, 2.75) is 0 Å². The minimum atomic E-state index is 0.0352. The van der Waals surface area contributed by atoms with Gasteiger partial charge in [-0.3, -0.25) is 9.20 Å².